The maximum atomic E-state index is 12.1. The van der Waals surface area contributed by atoms with Crippen LogP contribution in [-0.2, 0) is 19.1 Å². The minimum Gasteiger partial charge on any atom is -0.480 e. The minimum absolute atomic E-state index is 0.270. The molecule has 0 aliphatic carbocycles. The van der Waals surface area contributed by atoms with Crippen molar-refractivity contribution in [1.82, 2.24) is 4.90 Å². The van der Waals surface area contributed by atoms with Gasteiger partial charge in [0.1, 0.15) is 12.1 Å². The van der Waals surface area contributed by atoms with Crippen molar-refractivity contribution in [2.45, 2.75) is 26.3 Å². The monoisotopic (exact) mass is 277 g/mol. The van der Waals surface area contributed by atoms with Gasteiger partial charge in [-0.1, -0.05) is 6.92 Å². The zero-order valence-corrected chi connectivity index (χ0v) is 11.9. The van der Waals surface area contributed by atoms with Gasteiger partial charge in [0, 0.05) is 11.7 Å². The quantitative estimate of drug-likeness (QED) is 0.543. The molecule has 1 amide bonds. The number of hydrogen-bond acceptors (Lipinski definition) is 5. The van der Waals surface area contributed by atoms with Crippen molar-refractivity contribution >= 4 is 30.5 Å². The van der Waals surface area contributed by atoms with Crippen LogP contribution in [0, 0.1) is 5.92 Å². The third-order valence-corrected chi connectivity index (χ3v) is 3.16. The summed E-state index contributed by atoms with van der Waals surface area (Å²) in [6.07, 6.45) is 0. The second-order valence-corrected chi connectivity index (χ2v) is 4.82. The number of carboxylic acids is 1. The maximum absolute atomic E-state index is 12.1. The molecular formula is C11H19NO5S. The fraction of sp³-hybridized carbons (Fsp3) is 0.727. The maximum Gasteiger partial charge on any atom is 0.331 e. The Bertz CT molecular complexity index is 342. The van der Waals surface area contributed by atoms with Crippen LogP contribution in [-0.4, -0.2) is 52.8 Å². The number of carboxylic acid groups (broad SMARTS) is 1. The lowest BCUT2D eigenvalue weighted by Crippen LogP contribution is -2.56. The topological polar surface area (TPSA) is 83.9 Å². The molecule has 0 aliphatic rings. The van der Waals surface area contributed by atoms with Crippen molar-refractivity contribution in [3.05, 3.63) is 0 Å². The Hall–Kier alpha value is -1.24. The number of ether oxygens (including phenoxy) is 1. The van der Waals surface area contributed by atoms with Crippen molar-refractivity contribution in [3.8, 4) is 0 Å². The summed E-state index contributed by atoms with van der Waals surface area (Å²) in [5.74, 6) is -2.50. The molecule has 6 nitrogen and oxygen atoms in total. The molecule has 18 heavy (non-hydrogen) atoms. The highest BCUT2D eigenvalue weighted by atomic mass is 32.1. The van der Waals surface area contributed by atoms with E-state index in [1.807, 2.05) is 0 Å². The Morgan fingerprint density at radius 1 is 1.39 bits per heavy atom. The molecule has 0 heterocycles. The molecule has 0 rings (SSSR count). The zero-order chi connectivity index (χ0) is 14.5. The Morgan fingerprint density at radius 3 is 2.22 bits per heavy atom. The summed E-state index contributed by atoms with van der Waals surface area (Å²) in [6.45, 7) is 3.96. The molecule has 1 atom stereocenters. The summed E-state index contributed by atoms with van der Waals surface area (Å²) < 4.78 is 4.60. The van der Waals surface area contributed by atoms with Crippen molar-refractivity contribution in [2.75, 3.05) is 19.4 Å². The minimum atomic E-state index is -1.33. The Balaban J connectivity index is 5.28. The van der Waals surface area contributed by atoms with E-state index in [1.165, 1.54) is 21.0 Å². The number of methoxy groups -OCH3 is 1. The predicted molar refractivity (Wildman–Crippen MR) is 68.5 cm³/mol. The van der Waals surface area contributed by atoms with E-state index in [4.69, 9.17) is 5.11 Å². The van der Waals surface area contributed by atoms with Crippen LogP contribution in [0.5, 0.6) is 0 Å². The van der Waals surface area contributed by atoms with Crippen LogP contribution in [0.25, 0.3) is 0 Å². The molecule has 0 bridgehead atoms. The predicted octanol–water partition coefficient (Wildman–Crippen LogP) is 0.417. The van der Waals surface area contributed by atoms with Gasteiger partial charge < -0.3 is 14.7 Å². The third-order valence-electron chi connectivity index (χ3n) is 2.61. The number of esters is 1. The molecule has 0 spiro atoms. The fourth-order valence-electron chi connectivity index (χ4n) is 1.39. The summed E-state index contributed by atoms with van der Waals surface area (Å²) in [5, 5.41) is 8.84. The third kappa shape index (κ3) is 3.90. The summed E-state index contributed by atoms with van der Waals surface area (Å²) in [7, 11) is 1.19. The molecule has 104 valence electrons. The van der Waals surface area contributed by atoms with E-state index in [9.17, 15) is 14.4 Å². The molecule has 0 saturated heterocycles. The van der Waals surface area contributed by atoms with Crippen LogP contribution in [0.3, 0.4) is 0 Å². The van der Waals surface area contributed by atoms with Crippen LogP contribution < -0.4 is 0 Å². The summed E-state index contributed by atoms with van der Waals surface area (Å²) >= 11 is 4.00. The van der Waals surface area contributed by atoms with Gasteiger partial charge in [-0.2, -0.15) is 12.6 Å². The number of carbonyl (C=O) groups is 3. The molecule has 1 N–H and O–H groups in total. The molecule has 0 fully saturated rings. The first-order valence-electron chi connectivity index (χ1n) is 5.41. The normalized spacial score (nSPS) is 12.7. The van der Waals surface area contributed by atoms with Crippen LogP contribution in [0.15, 0.2) is 0 Å². The molecule has 0 aromatic rings. The molecule has 0 aromatic heterocycles. The van der Waals surface area contributed by atoms with E-state index in [-0.39, 0.29) is 5.75 Å². The van der Waals surface area contributed by atoms with Gasteiger partial charge in [0.05, 0.1) is 7.11 Å². The molecular weight excluding hydrogens is 258 g/mol. The molecule has 7 heteroatoms. The summed E-state index contributed by atoms with van der Waals surface area (Å²) in [6, 6.07) is 0. The second-order valence-electron chi connectivity index (χ2n) is 4.45. The van der Waals surface area contributed by atoms with E-state index in [0.29, 0.717) is 0 Å². The average Bonchev–Trinajstić information content (AvgIpc) is 2.32. The molecule has 0 saturated carbocycles. The lowest BCUT2D eigenvalue weighted by atomic mass is 10.0. The number of rotatable bonds is 6. The Labute approximate surface area is 112 Å². The summed E-state index contributed by atoms with van der Waals surface area (Å²) in [5.41, 5.74) is -1.33. The van der Waals surface area contributed by atoms with E-state index in [2.05, 4.69) is 17.4 Å². The van der Waals surface area contributed by atoms with Gasteiger partial charge in [-0.15, -0.1) is 0 Å². The first-order chi connectivity index (χ1) is 8.18. The van der Waals surface area contributed by atoms with Crippen LogP contribution >= 0.6 is 12.6 Å². The molecule has 0 radical (unpaired) electrons. The number of carbonyl (C=O) groups excluding carboxylic acids is 2. The van der Waals surface area contributed by atoms with Crippen molar-refractivity contribution in [3.63, 3.8) is 0 Å². The van der Waals surface area contributed by atoms with Gasteiger partial charge in [0.15, 0.2) is 0 Å². The van der Waals surface area contributed by atoms with Crippen molar-refractivity contribution in [1.29, 1.82) is 0 Å². The van der Waals surface area contributed by atoms with Gasteiger partial charge in [-0.3, -0.25) is 9.59 Å². The highest BCUT2D eigenvalue weighted by Gasteiger charge is 2.41. The number of thiol groups is 1. The number of hydrogen-bond donors (Lipinski definition) is 2. The van der Waals surface area contributed by atoms with Crippen LogP contribution in [0.1, 0.15) is 20.8 Å². The fourth-order valence-corrected chi connectivity index (χ4v) is 1.55. The summed E-state index contributed by atoms with van der Waals surface area (Å²) in [4.78, 5) is 35.5. The van der Waals surface area contributed by atoms with Crippen LogP contribution in [0.2, 0.25) is 0 Å². The Morgan fingerprint density at radius 2 is 1.89 bits per heavy atom. The number of nitrogens with zero attached hydrogens (tertiary/aromatic N) is 1. The standard InChI is InChI=1S/C11H19NO5S/c1-7(6-18)9(15)12(5-8(13)14)11(2,3)10(16)17-4/h7,18H,5-6H2,1-4H3,(H,13,14). The van der Waals surface area contributed by atoms with E-state index >= 15 is 0 Å². The Kier molecular flexibility index (Phi) is 6.17. The highest BCUT2D eigenvalue weighted by Crippen LogP contribution is 2.19. The van der Waals surface area contributed by atoms with Gasteiger partial charge in [-0.25, -0.2) is 4.79 Å². The van der Waals surface area contributed by atoms with Gasteiger partial charge >= 0.3 is 11.9 Å². The van der Waals surface area contributed by atoms with E-state index < -0.39 is 35.8 Å². The van der Waals surface area contributed by atoms with Crippen LogP contribution in [0.4, 0.5) is 0 Å². The zero-order valence-electron chi connectivity index (χ0n) is 11.0. The molecule has 0 aliphatic heterocycles. The molecule has 1 unspecified atom stereocenters. The first-order valence-corrected chi connectivity index (χ1v) is 6.04. The lowest BCUT2D eigenvalue weighted by molar-refractivity contribution is -0.163. The van der Waals surface area contributed by atoms with Crippen molar-refractivity contribution < 1.29 is 24.2 Å². The largest absolute Gasteiger partial charge is 0.480 e. The van der Waals surface area contributed by atoms with Gasteiger partial charge in [-0.05, 0) is 13.8 Å². The van der Waals surface area contributed by atoms with Gasteiger partial charge in [0.25, 0.3) is 0 Å². The SMILES string of the molecule is COC(=O)C(C)(C)N(CC(=O)O)C(=O)C(C)CS. The first kappa shape index (κ1) is 16.8. The van der Waals surface area contributed by atoms with E-state index in [1.54, 1.807) is 6.92 Å². The smallest absolute Gasteiger partial charge is 0.331 e. The number of aliphatic carboxylic acids is 1. The van der Waals surface area contributed by atoms with Crippen molar-refractivity contribution in [2.24, 2.45) is 5.92 Å². The molecule has 0 aromatic carbocycles. The van der Waals surface area contributed by atoms with E-state index in [0.717, 1.165) is 4.90 Å². The lowest BCUT2D eigenvalue weighted by Gasteiger charge is -2.36. The second kappa shape index (κ2) is 6.63. The number of amides is 1. The highest BCUT2D eigenvalue weighted by molar-refractivity contribution is 7.80. The van der Waals surface area contributed by atoms with Gasteiger partial charge in [0.2, 0.25) is 5.91 Å². The average molecular weight is 277 g/mol.